The molecule has 1 aliphatic rings. The highest BCUT2D eigenvalue weighted by Gasteiger charge is 2.28. The van der Waals surface area contributed by atoms with Crippen LogP contribution in [0.2, 0.25) is 5.02 Å². The lowest BCUT2D eigenvalue weighted by molar-refractivity contribution is 0.433. The quantitative estimate of drug-likeness (QED) is 0.862. The Morgan fingerprint density at radius 1 is 1.41 bits per heavy atom. The fourth-order valence-electron chi connectivity index (χ4n) is 2.71. The summed E-state index contributed by atoms with van der Waals surface area (Å²) in [7, 11) is 0. The molecular weight excluding hydrogens is 237 g/mol. The number of nitrogens with one attached hydrogen (secondary N) is 1. The van der Waals surface area contributed by atoms with E-state index in [1.54, 1.807) is 6.07 Å². The summed E-state index contributed by atoms with van der Waals surface area (Å²) in [5.74, 6) is 0.811. The molecule has 1 saturated heterocycles. The highest BCUT2D eigenvalue weighted by Crippen LogP contribution is 2.32. The zero-order chi connectivity index (χ0) is 12.4. The summed E-state index contributed by atoms with van der Waals surface area (Å²) in [5.41, 5.74) is 1.03. The van der Waals surface area contributed by atoms with Gasteiger partial charge in [0.2, 0.25) is 0 Å². The van der Waals surface area contributed by atoms with Gasteiger partial charge < -0.3 is 5.32 Å². The third-order valence-electron chi connectivity index (χ3n) is 3.39. The summed E-state index contributed by atoms with van der Waals surface area (Å²) in [4.78, 5) is 0. The molecule has 2 unspecified atom stereocenters. The van der Waals surface area contributed by atoms with Crippen LogP contribution in [0.5, 0.6) is 0 Å². The molecular formula is C14H19ClFN. The van der Waals surface area contributed by atoms with E-state index in [1.165, 1.54) is 6.07 Å². The summed E-state index contributed by atoms with van der Waals surface area (Å²) < 4.78 is 13.4. The summed E-state index contributed by atoms with van der Waals surface area (Å²) in [5, 5.41) is 4.01. The second kappa shape index (κ2) is 5.36. The predicted octanol–water partition coefficient (Wildman–Crippen LogP) is 3.97. The minimum absolute atomic E-state index is 0.234. The Hall–Kier alpha value is -0.600. The van der Waals surface area contributed by atoms with Crippen LogP contribution >= 0.6 is 11.6 Å². The summed E-state index contributed by atoms with van der Waals surface area (Å²) in [6, 6.07) is 5.34. The van der Waals surface area contributed by atoms with Gasteiger partial charge in [0, 0.05) is 17.0 Å². The molecule has 2 rings (SSSR count). The highest BCUT2D eigenvalue weighted by atomic mass is 35.5. The van der Waals surface area contributed by atoms with E-state index in [0.29, 0.717) is 22.9 Å². The Bertz CT molecular complexity index is 372. The maximum absolute atomic E-state index is 13.4. The first-order chi connectivity index (χ1) is 8.06. The fourth-order valence-corrected chi connectivity index (χ4v) is 2.94. The van der Waals surface area contributed by atoms with Crippen LogP contribution in [0.15, 0.2) is 18.2 Å². The van der Waals surface area contributed by atoms with Gasteiger partial charge >= 0.3 is 0 Å². The lowest BCUT2D eigenvalue weighted by Crippen LogP contribution is -2.27. The minimum atomic E-state index is -0.234. The molecule has 1 fully saturated rings. The Morgan fingerprint density at radius 3 is 2.82 bits per heavy atom. The van der Waals surface area contributed by atoms with E-state index in [4.69, 9.17) is 11.6 Å². The Balaban J connectivity index is 2.19. The summed E-state index contributed by atoms with van der Waals surface area (Å²) >= 11 is 5.92. The molecule has 2 atom stereocenters. The molecule has 0 saturated carbocycles. The monoisotopic (exact) mass is 255 g/mol. The van der Waals surface area contributed by atoms with Crippen molar-refractivity contribution in [2.45, 2.75) is 38.6 Å². The fraction of sp³-hybridized carbons (Fsp3) is 0.571. The van der Waals surface area contributed by atoms with Crippen LogP contribution in [0.1, 0.15) is 38.2 Å². The van der Waals surface area contributed by atoms with Crippen molar-refractivity contribution in [1.82, 2.24) is 5.32 Å². The van der Waals surface area contributed by atoms with Crippen molar-refractivity contribution in [3.05, 3.63) is 34.6 Å². The van der Waals surface area contributed by atoms with Crippen molar-refractivity contribution in [1.29, 1.82) is 0 Å². The first kappa shape index (κ1) is 12.8. The molecule has 1 nitrogen and oxygen atoms in total. The molecule has 0 radical (unpaired) electrons. The molecule has 17 heavy (non-hydrogen) atoms. The third kappa shape index (κ3) is 3.20. The maximum Gasteiger partial charge on any atom is 0.124 e. The predicted molar refractivity (Wildman–Crippen MR) is 70.0 cm³/mol. The van der Waals surface area contributed by atoms with E-state index in [0.717, 1.165) is 24.9 Å². The van der Waals surface area contributed by atoms with E-state index in [1.807, 2.05) is 6.07 Å². The van der Waals surface area contributed by atoms with Gasteiger partial charge in [-0.3, -0.25) is 0 Å². The van der Waals surface area contributed by atoms with E-state index >= 15 is 0 Å². The van der Waals surface area contributed by atoms with Crippen LogP contribution in [0.3, 0.4) is 0 Å². The van der Waals surface area contributed by atoms with Gasteiger partial charge in [0.15, 0.2) is 0 Å². The molecule has 0 aromatic heterocycles. The van der Waals surface area contributed by atoms with Gasteiger partial charge in [0.05, 0.1) is 0 Å². The van der Waals surface area contributed by atoms with Crippen molar-refractivity contribution < 1.29 is 4.39 Å². The molecule has 1 heterocycles. The van der Waals surface area contributed by atoms with Gasteiger partial charge in [-0.1, -0.05) is 25.4 Å². The van der Waals surface area contributed by atoms with Crippen LogP contribution in [-0.4, -0.2) is 12.6 Å². The molecule has 3 heteroatoms. The van der Waals surface area contributed by atoms with Crippen molar-refractivity contribution in [3.63, 3.8) is 0 Å². The molecule has 0 bridgehead atoms. The average molecular weight is 256 g/mol. The van der Waals surface area contributed by atoms with Crippen molar-refractivity contribution in [2.75, 3.05) is 6.54 Å². The minimum Gasteiger partial charge on any atom is -0.313 e. The van der Waals surface area contributed by atoms with Crippen LogP contribution in [0, 0.1) is 11.7 Å². The molecule has 94 valence electrons. The van der Waals surface area contributed by atoms with E-state index < -0.39 is 0 Å². The number of hydrogen-bond acceptors (Lipinski definition) is 1. The van der Waals surface area contributed by atoms with E-state index in [2.05, 4.69) is 19.2 Å². The molecule has 1 aliphatic heterocycles. The standard InChI is InChI=1S/C14H19ClFN/c1-9(2)5-14-13(3-4-17-14)10-6-11(15)8-12(16)7-10/h6-9,13-14,17H,3-5H2,1-2H3. The Kier molecular flexibility index (Phi) is 4.05. The first-order valence-electron chi connectivity index (χ1n) is 6.25. The summed E-state index contributed by atoms with van der Waals surface area (Å²) in [6.45, 7) is 5.45. The zero-order valence-corrected chi connectivity index (χ0v) is 11.1. The SMILES string of the molecule is CC(C)CC1NCCC1c1cc(F)cc(Cl)c1. The normalized spacial score (nSPS) is 24.5. The lowest BCUT2D eigenvalue weighted by atomic mass is 9.87. The smallest absolute Gasteiger partial charge is 0.124 e. The van der Waals surface area contributed by atoms with Crippen molar-refractivity contribution >= 4 is 11.6 Å². The van der Waals surface area contributed by atoms with Gasteiger partial charge in [0.1, 0.15) is 5.82 Å². The van der Waals surface area contributed by atoms with E-state index in [-0.39, 0.29) is 5.82 Å². The van der Waals surface area contributed by atoms with Crippen molar-refractivity contribution in [3.8, 4) is 0 Å². The Morgan fingerprint density at radius 2 is 2.18 bits per heavy atom. The zero-order valence-electron chi connectivity index (χ0n) is 10.3. The second-order valence-corrected chi connectivity index (χ2v) is 5.72. The maximum atomic E-state index is 13.4. The highest BCUT2D eigenvalue weighted by molar-refractivity contribution is 6.30. The van der Waals surface area contributed by atoms with Gasteiger partial charge in [-0.15, -0.1) is 0 Å². The van der Waals surface area contributed by atoms with E-state index in [9.17, 15) is 4.39 Å². The van der Waals surface area contributed by atoms with Gasteiger partial charge in [-0.25, -0.2) is 4.39 Å². The van der Waals surface area contributed by atoms with Crippen LogP contribution in [0.25, 0.3) is 0 Å². The number of halogens is 2. The van der Waals surface area contributed by atoms with Gasteiger partial charge in [-0.2, -0.15) is 0 Å². The topological polar surface area (TPSA) is 12.0 Å². The third-order valence-corrected chi connectivity index (χ3v) is 3.60. The molecule has 1 N–H and O–H groups in total. The average Bonchev–Trinajstić information content (AvgIpc) is 2.63. The van der Waals surface area contributed by atoms with Crippen molar-refractivity contribution in [2.24, 2.45) is 5.92 Å². The van der Waals surface area contributed by atoms with Crippen LogP contribution < -0.4 is 5.32 Å². The van der Waals surface area contributed by atoms with Crippen LogP contribution in [0.4, 0.5) is 4.39 Å². The molecule has 0 spiro atoms. The van der Waals surface area contributed by atoms with Crippen LogP contribution in [-0.2, 0) is 0 Å². The number of rotatable bonds is 3. The molecule has 1 aromatic carbocycles. The number of hydrogen-bond donors (Lipinski definition) is 1. The molecule has 0 aliphatic carbocycles. The summed E-state index contributed by atoms with van der Waals surface area (Å²) in [6.07, 6.45) is 2.19. The number of benzene rings is 1. The largest absolute Gasteiger partial charge is 0.313 e. The van der Waals surface area contributed by atoms with Gasteiger partial charge in [-0.05, 0) is 49.1 Å². The Labute approximate surface area is 107 Å². The molecule has 1 aromatic rings. The second-order valence-electron chi connectivity index (χ2n) is 5.29. The van der Waals surface area contributed by atoms with Gasteiger partial charge in [0.25, 0.3) is 0 Å². The first-order valence-corrected chi connectivity index (χ1v) is 6.63. The molecule has 0 amide bonds. The lowest BCUT2D eigenvalue weighted by Gasteiger charge is -2.22.